The van der Waals surface area contributed by atoms with Crippen molar-refractivity contribution in [3.8, 4) is 0 Å². The molecule has 0 amide bonds. The monoisotopic (exact) mass is 380 g/mol. The minimum Gasteiger partial charge on any atom is -0.368 e. The molecule has 0 saturated carbocycles. The van der Waals surface area contributed by atoms with E-state index >= 15 is 0 Å². The van der Waals surface area contributed by atoms with Crippen LogP contribution in [0.3, 0.4) is 0 Å². The summed E-state index contributed by atoms with van der Waals surface area (Å²) in [5.41, 5.74) is 7.43. The Balaban J connectivity index is 1.39. The van der Waals surface area contributed by atoms with Gasteiger partial charge in [0, 0.05) is 5.69 Å². The largest absolute Gasteiger partial charge is 0.368 e. The summed E-state index contributed by atoms with van der Waals surface area (Å²) in [6, 6.07) is 16.6. The third-order valence-corrected chi connectivity index (χ3v) is 4.80. The van der Waals surface area contributed by atoms with Crippen LogP contribution in [0.25, 0.3) is 0 Å². The molecule has 0 unspecified atom stereocenters. The van der Waals surface area contributed by atoms with E-state index in [0.717, 1.165) is 31.9 Å². The van der Waals surface area contributed by atoms with Gasteiger partial charge in [-0.25, -0.2) is 4.39 Å². The van der Waals surface area contributed by atoms with Crippen molar-refractivity contribution in [1.82, 2.24) is 15.0 Å². The molecular weight excluding hydrogens is 357 g/mol. The number of nitrogens with two attached hydrogens (primary N) is 1. The third kappa shape index (κ3) is 4.34. The van der Waals surface area contributed by atoms with Crippen LogP contribution in [0.4, 0.5) is 27.7 Å². The van der Waals surface area contributed by atoms with Crippen LogP contribution >= 0.6 is 0 Å². The number of rotatable bonds is 5. The van der Waals surface area contributed by atoms with Gasteiger partial charge < -0.3 is 20.9 Å². The maximum absolute atomic E-state index is 14.0. The van der Waals surface area contributed by atoms with Crippen LogP contribution in [0.2, 0.25) is 0 Å². The quantitative estimate of drug-likeness (QED) is 0.618. The number of anilines is 4. The summed E-state index contributed by atoms with van der Waals surface area (Å²) in [6.45, 7) is 3.97. The van der Waals surface area contributed by atoms with Gasteiger partial charge in [0.2, 0.25) is 11.9 Å². The van der Waals surface area contributed by atoms with Crippen LogP contribution in [-0.2, 0) is 6.54 Å². The molecule has 1 saturated heterocycles. The van der Waals surface area contributed by atoms with Gasteiger partial charge in [0.15, 0.2) is 5.82 Å². The molecule has 144 valence electrons. The molecule has 0 atom stereocenters. The van der Waals surface area contributed by atoms with Crippen molar-refractivity contribution in [2.75, 3.05) is 42.1 Å². The highest BCUT2D eigenvalue weighted by Gasteiger charge is 2.23. The zero-order valence-electron chi connectivity index (χ0n) is 15.5. The van der Waals surface area contributed by atoms with Gasteiger partial charge in [0.25, 0.3) is 0 Å². The lowest BCUT2D eigenvalue weighted by Gasteiger charge is -2.33. The molecule has 1 aliphatic rings. The number of halogens is 1. The highest BCUT2D eigenvalue weighted by molar-refractivity contribution is 5.53. The summed E-state index contributed by atoms with van der Waals surface area (Å²) in [6.07, 6.45) is 0. The molecule has 4 rings (SSSR count). The van der Waals surface area contributed by atoms with Crippen molar-refractivity contribution in [3.05, 3.63) is 66.2 Å². The summed E-state index contributed by atoms with van der Waals surface area (Å²) >= 11 is 0. The van der Waals surface area contributed by atoms with Gasteiger partial charge in [0.1, 0.15) is 12.4 Å². The first-order valence-electron chi connectivity index (χ1n) is 9.33. The molecule has 0 bridgehead atoms. The maximum Gasteiger partial charge on any atom is 0.232 e. The zero-order chi connectivity index (χ0) is 19.3. The van der Waals surface area contributed by atoms with Gasteiger partial charge in [-0.15, -0.1) is 0 Å². The summed E-state index contributed by atoms with van der Waals surface area (Å²) in [5.74, 6) is 1.12. The van der Waals surface area contributed by atoms with Gasteiger partial charge in [-0.3, -0.25) is 0 Å². The van der Waals surface area contributed by atoms with Crippen molar-refractivity contribution in [2.45, 2.75) is 6.54 Å². The second-order valence-corrected chi connectivity index (χ2v) is 6.79. The highest BCUT2D eigenvalue weighted by atomic mass is 19.1. The first kappa shape index (κ1) is 18.1. The molecule has 7 nitrogen and oxygen atoms in total. The minimum absolute atomic E-state index is 0.173. The standard InChI is InChI=1S/C20H22FN7/c21-16-8-4-5-9-17(16)28-12-10-27(11-13-28)14-18-24-19(22)26-20(25-18)23-15-6-2-1-3-7-15/h1-9H,10-14H2,(H3,22,23,24,25,26)/p+1. The molecular formula is C20H23FN7+. The Morgan fingerprint density at radius 1 is 0.964 bits per heavy atom. The second-order valence-electron chi connectivity index (χ2n) is 6.79. The molecule has 1 aromatic heterocycles. The Hall–Kier alpha value is -3.26. The Labute approximate surface area is 163 Å². The maximum atomic E-state index is 14.0. The predicted molar refractivity (Wildman–Crippen MR) is 107 cm³/mol. The SMILES string of the molecule is Nc1nc(C[NH+]2CCN(c3ccccc3F)CC2)nc(Nc2ccccc2)n1. The third-order valence-electron chi connectivity index (χ3n) is 4.80. The highest BCUT2D eigenvalue weighted by Crippen LogP contribution is 2.18. The van der Waals surface area contributed by atoms with E-state index in [9.17, 15) is 4.39 Å². The van der Waals surface area contributed by atoms with Gasteiger partial charge in [0.05, 0.1) is 31.9 Å². The number of nitrogens with zero attached hydrogens (tertiary/aromatic N) is 4. The van der Waals surface area contributed by atoms with Gasteiger partial charge in [-0.05, 0) is 24.3 Å². The van der Waals surface area contributed by atoms with Crippen molar-refractivity contribution < 1.29 is 9.29 Å². The molecule has 8 heteroatoms. The van der Waals surface area contributed by atoms with E-state index in [0.29, 0.717) is 24.0 Å². The number of nitrogens with one attached hydrogen (secondary N) is 2. The average Bonchev–Trinajstić information content (AvgIpc) is 2.69. The van der Waals surface area contributed by atoms with Crippen LogP contribution in [-0.4, -0.2) is 41.1 Å². The Bertz CT molecular complexity index is 927. The molecule has 4 N–H and O–H groups in total. The fraction of sp³-hybridized carbons (Fsp3) is 0.250. The van der Waals surface area contributed by atoms with Crippen LogP contribution < -0.4 is 20.9 Å². The first-order chi connectivity index (χ1) is 13.7. The molecule has 0 spiro atoms. The van der Waals surface area contributed by atoms with Crippen molar-refractivity contribution >= 4 is 23.3 Å². The minimum atomic E-state index is -0.173. The van der Waals surface area contributed by atoms with Gasteiger partial charge in [-0.2, -0.15) is 15.0 Å². The Kier molecular flexibility index (Phi) is 5.29. The topological polar surface area (TPSA) is 84.4 Å². The van der Waals surface area contributed by atoms with E-state index < -0.39 is 0 Å². The van der Waals surface area contributed by atoms with E-state index in [2.05, 4.69) is 25.2 Å². The molecule has 28 heavy (non-hydrogen) atoms. The average molecular weight is 380 g/mol. The first-order valence-corrected chi connectivity index (χ1v) is 9.33. The van der Waals surface area contributed by atoms with Crippen LogP contribution in [0.1, 0.15) is 5.82 Å². The molecule has 3 aromatic rings. The predicted octanol–water partition coefficient (Wildman–Crippen LogP) is 1.24. The van der Waals surface area contributed by atoms with Crippen molar-refractivity contribution in [3.63, 3.8) is 0 Å². The number of aromatic nitrogens is 3. The number of hydrogen-bond donors (Lipinski definition) is 3. The Morgan fingerprint density at radius 2 is 1.68 bits per heavy atom. The smallest absolute Gasteiger partial charge is 0.232 e. The van der Waals surface area contributed by atoms with Crippen LogP contribution in [0, 0.1) is 5.82 Å². The lowest BCUT2D eigenvalue weighted by molar-refractivity contribution is -0.915. The number of quaternary nitrogens is 1. The van der Waals surface area contributed by atoms with E-state index in [1.165, 1.54) is 11.0 Å². The van der Waals surface area contributed by atoms with Crippen molar-refractivity contribution in [1.29, 1.82) is 0 Å². The number of piperazine rings is 1. The number of hydrogen-bond acceptors (Lipinski definition) is 6. The van der Waals surface area contributed by atoms with Crippen molar-refractivity contribution in [2.24, 2.45) is 0 Å². The number of benzene rings is 2. The summed E-state index contributed by atoms with van der Waals surface area (Å²) < 4.78 is 14.0. The molecule has 1 aliphatic heterocycles. The zero-order valence-corrected chi connectivity index (χ0v) is 15.5. The van der Waals surface area contributed by atoms with Gasteiger partial charge >= 0.3 is 0 Å². The van der Waals surface area contributed by atoms with Crippen LogP contribution in [0.5, 0.6) is 0 Å². The number of para-hydroxylation sites is 2. The fourth-order valence-electron chi connectivity index (χ4n) is 3.40. The lowest BCUT2D eigenvalue weighted by atomic mass is 10.2. The van der Waals surface area contributed by atoms with E-state index in [1.54, 1.807) is 6.07 Å². The van der Waals surface area contributed by atoms with Gasteiger partial charge in [-0.1, -0.05) is 30.3 Å². The normalized spacial score (nSPS) is 14.8. The fourth-order valence-corrected chi connectivity index (χ4v) is 3.40. The van der Waals surface area contributed by atoms with E-state index in [4.69, 9.17) is 5.73 Å². The second kappa shape index (κ2) is 8.18. The molecule has 1 fully saturated rings. The van der Waals surface area contributed by atoms with E-state index in [-0.39, 0.29) is 11.8 Å². The van der Waals surface area contributed by atoms with Crippen LogP contribution in [0.15, 0.2) is 54.6 Å². The summed E-state index contributed by atoms with van der Waals surface area (Å²) in [7, 11) is 0. The lowest BCUT2D eigenvalue weighted by Crippen LogP contribution is -3.13. The molecule has 0 radical (unpaired) electrons. The van der Waals surface area contributed by atoms with E-state index in [1.807, 2.05) is 42.5 Å². The molecule has 0 aliphatic carbocycles. The summed E-state index contributed by atoms with van der Waals surface area (Å²) in [5, 5.41) is 3.16. The summed E-state index contributed by atoms with van der Waals surface area (Å²) in [4.78, 5) is 16.4. The molecule has 2 aromatic carbocycles. The Morgan fingerprint density at radius 3 is 2.43 bits per heavy atom. The molecule has 2 heterocycles. The number of nitrogen functional groups attached to an aromatic ring is 1.